The van der Waals surface area contributed by atoms with Gasteiger partial charge in [0, 0.05) is 29.7 Å². The molecule has 0 saturated carbocycles. The molecule has 32 heavy (non-hydrogen) atoms. The molecule has 1 N–H and O–H groups in total. The first-order chi connectivity index (χ1) is 15.6. The Balaban J connectivity index is 1.35. The number of carbonyl (C=O) groups excluding carboxylic acids is 1. The molecule has 4 aromatic rings. The molecule has 2 aromatic heterocycles. The predicted octanol–water partition coefficient (Wildman–Crippen LogP) is 5.03. The number of halogens is 1. The molecule has 1 aliphatic rings. The molecule has 0 saturated heterocycles. The molecule has 0 aliphatic carbocycles. The fraction of sp³-hybridized carbons (Fsp3) is 0.240. The summed E-state index contributed by atoms with van der Waals surface area (Å²) >= 11 is 0. The lowest BCUT2D eigenvalue weighted by Crippen LogP contribution is -2.14. The first-order valence-electron chi connectivity index (χ1n) is 10.9. The number of carbonyl (C=O) groups is 1. The van der Waals surface area contributed by atoms with E-state index in [2.05, 4.69) is 20.0 Å². The normalized spacial score (nSPS) is 13.1. The van der Waals surface area contributed by atoms with E-state index in [1.807, 2.05) is 37.4 Å². The summed E-state index contributed by atoms with van der Waals surface area (Å²) in [5.41, 5.74) is 5.02. The van der Waals surface area contributed by atoms with E-state index >= 15 is 0 Å². The summed E-state index contributed by atoms with van der Waals surface area (Å²) in [5, 5.41) is 7.32. The van der Waals surface area contributed by atoms with Gasteiger partial charge in [0.25, 0.3) is 5.91 Å². The van der Waals surface area contributed by atoms with E-state index in [1.165, 1.54) is 30.7 Å². The van der Waals surface area contributed by atoms with E-state index in [4.69, 9.17) is 0 Å². The minimum atomic E-state index is -0.309. The van der Waals surface area contributed by atoms with Crippen LogP contribution in [0.5, 0.6) is 0 Å². The molecule has 2 aromatic carbocycles. The molecule has 0 fully saturated rings. The SMILES string of the molecule is CCc1c(C(=O)Nc2ccc(-c3ncc4n3CCCC4)cc2)cnn1-c1ccc(F)cc1. The van der Waals surface area contributed by atoms with Crippen molar-refractivity contribution in [1.29, 1.82) is 0 Å². The van der Waals surface area contributed by atoms with Gasteiger partial charge in [0.15, 0.2) is 0 Å². The van der Waals surface area contributed by atoms with Crippen molar-refractivity contribution in [3.05, 3.63) is 83.7 Å². The molecule has 162 valence electrons. The molecular weight excluding hydrogens is 405 g/mol. The van der Waals surface area contributed by atoms with Crippen LogP contribution in [0.3, 0.4) is 0 Å². The summed E-state index contributed by atoms with van der Waals surface area (Å²) in [6, 6.07) is 13.8. The zero-order chi connectivity index (χ0) is 22.1. The van der Waals surface area contributed by atoms with Crippen LogP contribution in [0.4, 0.5) is 10.1 Å². The Morgan fingerprint density at radius 2 is 1.84 bits per heavy atom. The van der Waals surface area contributed by atoms with Gasteiger partial charge in [-0.2, -0.15) is 5.10 Å². The van der Waals surface area contributed by atoms with Crippen LogP contribution >= 0.6 is 0 Å². The lowest BCUT2D eigenvalue weighted by molar-refractivity contribution is 0.102. The van der Waals surface area contributed by atoms with Crippen molar-refractivity contribution in [2.45, 2.75) is 39.2 Å². The van der Waals surface area contributed by atoms with Gasteiger partial charge in [-0.1, -0.05) is 6.92 Å². The van der Waals surface area contributed by atoms with Crippen molar-refractivity contribution in [3.63, 3.8) is 0 Å². The summed E-state index contributed by atoms with van der Waals surface area (Å²) in [7, 11) is 0. The summed E-state index contributed by atoms with van der Waals surface area (Å²) in [4.78, 5) is 17.6. The molecule has 3 heterocycles. The molecule has 7 heteroatoms. The maximum absolute atomic E-state index is 13.3. The number of aromatic nitrogens is 4. The van der Waals surface area contributed by atoms with Crippen LogP contribution in [0.1, 0.15) is 41.5 Å². The van der Waals surface area contributed by atoms with Crippen LogP contribution < -0.4 is 5.32 Å². The van der Waals surface area contributed by atoms with E-state index in [1.54, 1.807) is 23.0 Å². The summed E-state index contributed by atoms with van der Waals surface area (Å²) in [6.07, 6.45) is 7.61. The number of hydrogen-bond acceptors (Lipinski definition) is 3. The van der Waals surface area contributed by atoms with E-state index in [-0.39, 0.29) is 11.7 Å². The smallest absolute Gasteiger partial charge is 0.259 e. The van der Waals surface area contributed by atoms with Crippen LogP contribution in [0.2, 0.25) is 0 Å². The molecule has 0 unspecified atom stereocenters. The van der Waals surface area contributed by atoms with Gasteiger partial charge in [0.05, 0.1) is 23.1 Å². The second-order valence-corrected chi connectivity index (χ2v) is 7.96. The predicted molar refractivity (Wildman–Crippen MR) is 121 cm³/mol. The first-order valence-corrected chi connectivity index (χ1v) is 10.9. The molecular formula is C25H24FN5O. The maximum Gasteiger partial charge on any atom is 0.259 e. The Bertz CT molecular complexity index is 1250. The molecule has 0 spiro atoms. The van der Waals surface area contributed by atoms with Gasteiger partial charge in [-0.15, -0.1) is 0 Å². The Morgan fingerprint density at radius 3 is 2.59 bits per heavy atom. The van der Waals surface area contributed by atoms with E-state index in [0.717, 1.165) is 35.7 Å². The Kier molecular flexibility index (Phi) is 5.31. The highest BCUT2D eigenvalue weighted by molar-refractivity contribution is 6.05. The number of nitrogens with one attached hydrogen (secondary N) is 1. The molecule has 1 amide bonds. The van der Waals surface area contributed by atoms with Crippen molar-refractivity contribution in [1.82, 2.24) is 19.3 Å². The topological polar surface area (TPSA) is 64.7 Å². The minimum absolute atomic E-state index is 0.221. The summed E-state index contributed by atoms with van der Waals surface area (Å²) < 4.78 is 17.2. The number of nitrogens with zero attached hydrogens (tertiary/aromatic N) is 4. The van der Waals surface area contributed by atoms with Gasteiger partial charge in [-0.25, -0.2) is 14.1 Å². The molecule has 0 bridgehead atoms. The van der Waals surface area contributed by atoms with Crippen LogP contribution in [0, 0.1) is 5.82 Å². The average molecular weight is 429 g/mol. The first kappa shape index (κ1) is 20.2. The van der Waals surface area contributed by atoms with Crippen molar-refractivity contribution in [2.75, 3.05) is 5.32 Å². The Labute approximate surface area is 185 Å². The fourth-order valence-corrected chi connectivity index (χ4v) is 4.28. The number of hydrogen-bond donors (Lipinski definition) is 1. The highest BCUT2D eigenvalue weighted by Gasteiger charge is 2.18. The van der Waals surface area contributed by atoms with E-state index in [0.29, 0.717) is 17.7 Å². The highest BCUT2D eigenvalue weighted by atomic mass is 19.1. The quantitative estimate of drug-likeness (QED) is 0.484. The van der Waals surface area contributed by atoms with Gasteiger partial charge < -0.3 is 9.88 Å². The van der Waals surface area contributed by atoms with Gasteiger partial charge >= 0.3 is 0 Å². The van der Waals surface area contributed by atoms with Crippen LogP contribution in [0.15, 0.2) is 60.9 Å². The van der Waals surface area contributed by atoms with E-state index < -0.39 is 0 Å². The third-order valence-corrected chi connectivity index (χ3v) is 5.92. The van der Waals surface area contributed by atoms with Gasteiger partial charge in [-0.05, 0) is 74.2 Å². The zero-order valence-electron chi connectivity index (χ0n) is 17.9. The number of aryl methyl sites for hydroxylation is 1. The number of fused-ring (bicyclic) bond motifs is 1. The number of imidazole rings is 1. The van der Waals surface area contributed by atoms with Crippen LogP contribution in [0.25, 0.3) is 17.1 Å². The van der Waals surface area contributed by atoms with Gasteiger partial charge in [-0.3, -0.25) is 4.79 Å². The van der Waals surface area contributed by atoms with Crippen molar-refractivity contribution in [3.8, 4) is 17.1 Å². The number of amides is 1. The third-order valence-electron chi connectivity index (χ3n) is 5.92. The van der Waals surface area contributed by atoms with Crippen molar-refractivity contribution >= 4 is 11.6 Å². The highest BCUT2D eigenvalue weighted by Crippen LogP contribution is 2.26. The fourth-order valence-electron chi connectivity index (χ4n) is 4.28. The van der Waals surface area contributed by atoms with Crippen LogP contribution in [-0.2, 0) is 19.4 Å². The summed E-state index contributed by atoms with van der Waals surface area (Å²) in [6.45, 7) is 2.97. The monoisotopic (exact) mass is 429 g/mol. The average Bonchev–Trinajstić information content (AvgIpc) is 3.44. The third kappa shape index (κ3) is 3.70. The second-order valence-electron chi connectivity index (χ2n) is 7.96. The van der Waals surface area contributed by atoms with Crippen LogP contribution in [-0.4, -0.2) is 25.2 Å². The second kappa shape index (κ2) is 8.42. The Morgan fingerprint density at radius 1 is 1.06 bits per heavy atom. The van der Waals surface area contributed by atoms with Crippen molar-refractivity contribution in [2.24, 2.45) is 0 Å². The largest absolute Gasteiger partial charge is 0.328 e. The molecule has 6 nitrogen and oxygen atoms in total. The molecule has 5 rings (SSSR count). The molecule has 1 aliphatic heterocycles. The lowest BCUT2D eigenvalue weighted by atomic mass is 10.1. The standard InChI is InChI=1S/C25H24FN5O/c1-2-23-22(16-28-31(23)20-12-8-18(26)9-13-20)25(32)29-19-10-6-17(7-11-19)24-27-15-21-5-3-4-14-30(21)24/h6-13,15-16H,2-5,14H2,1H3,(H,29,32). The van der Waals surface area contributed by atoms with Gasteiger partial charge in [0.2, 0.25) is 0 Å². The summed E-state index contributed by atoms with van der Waals surface area (Å²) in [5.74, 6) is 0.448. The van der Waals surface area contributed by atoms with Crippen molar-refractivity contribution < 1.29 is 9.18 Å². The van der Waals surface area contributed by atoms with E-state index in [9.17, 15) is 9.18 Å². The molecule has 0 radical (unpaired) electrons. The Hall–Kier alpha value is -3.74. The lowest BCUT2D eigenvalue weighted by Gasteiger charge is -2.16. The number of anilines is 1. The molecule has 0 atom stereocenters. The number of benzene rings is 2. The maximum atomic E-state index is 13.3. The minimum Gasteiger partial charge on any atom is -0.328 e. The van der Waals surface area contributed by atoms with Gasteiger partial charge in [0.1, 0.15) is 11.6 Å². The zero-order valence-corrected chi connectivity index (χ0v) is 17.9. The number of rotatable bonds is 5.